The minimum Gasteiger partial charge on any atom is -0.467 e. The van der Waals surface area contributed by atoms with E-state index in [1.165, 1.54) is 0 Å². The molecule has 4 aromatic heterocycles. The van der Waals surface area contributed by atoms with Crippen LogP contribution in [-0.2, 0) is 6.54 Å². The van der Waals surface area contributed by atoms with Gasteiger partial charge in [0.2, 0.25) is 0 Å². The van der Waals surface area contributed by atoms with Crippen molar-refractivity contribution < 1.29 is 9.21 Å². The van der Waals surface area contributed by atoms with Crippen molar-refractivity contribution in [3.63, 3.8) is 0 Å². The number of aromatic nitrogens is 4. The molecule has 0 radical (unpaired) electrons. The van der Waals surface area contributed by atoms with Crippen LogP contribution in [0.4, 0.5) is 0 Å². The minimum atomic E-state index is 0.0348. The van der Waals surface area contributed by atoms with E-state index in [0.29, 0.717) is 23.4 Å². The van der Waals surface area contributed by atoms with E-state index in [2.05, 4.69) is 10.1 Å². The molecule has 1 fully saturated rings. The van der Waals surface area contributed by atoms with E-state index in [1.807, 2.05) is 35.2 Å². The Morgan fingerprint density at radius 3 is 2.79 bits per heavy atom. The van der Waals surface area contributed by atoms with Crippen LogP contribution in [0, 0.1) is 0 Å². The Morgan fingerprint density at radius 1 is 1.14 bits per heavy atom. The second-order valence-electron chi connectivity index (χ2n) is 6.91. The van der Waals surface area contributed by atoms with Crippen LogP contribution in [0.15, 0.2) is 59.6 Å². The predicted molar refractivity (Wildman–Crippen MR) is 104 cm³/mol. The van der Waals surface area contributed by atoms with Gasteiger partial charge in [-0.25, -0.2) is 9.67 Å². The molecule has 0 N–H and O–H groups in total. The number of nitrogens with zero attached hydrogens (tertiary/aromatic N) is 5. The van der Waals surface area contributed by atoms with Gasteiger partial charge in [-0.15, -0.1) is 0 Å². The number of carbonyl (C=O) groups is 1. The maximum Gasteiger partial charge on any atom is 0.254 e. The quantitative estimate of drug-likeness (QED) is 0.548. The molecule has 0 unspecified atom stereocenters. The summed E-state index contributed by atoms with van der Waals surface area (Å²) in [4.78, 5) is 24.1. The van der Waals surface area contributed by atoms with Gasteiger partial charge in [0, 0.05) is 31.0 Å². The molecule has 0 saturated carbocycles. The second kappa shape index (κ2) is 6.92. The lowest BCUT2D eigenvalue weighted by Crippen LogP contribution is -2.27. The number of fused-ring (bicyclic) bond motifs is 1. The van der Waals surface area contributed by atoms with Crippen molar-refractivity contribution in [3.05, 3.63) is 66.5 Å². The summed E-state index contributed by atoms with van der Waals surface area (Å²) in [6.45, 7) is 2.05. The zero-order valence-electron chi connectivity index (χ0n) is 15.3. The molecule has 140 valence electrons. The normalized spacial score (nSPS) is 14.1. The average molecular weight is 373 g/mol. The van der Waals surface area contributed by atoms with Gasteiger partial charge in [0.15, 0.2) is 5.65 Å². The van der Waals surface area contributed by atoms with Crippen LogP contribution in [-0.4, -0.2) is 43.6 Å². The summed E-state index contributed by atoms with van der Waals surface area (Å²) in [5, 5.41) is 5.24. The Bertz CT molecular complexity index is 1110. The van der Waals surface area contributed by atoms with E-state index < -0.39 is 0 Å². The lowest BCUT2D eigenvalue weighted by Gasteiger charge is -2.16. The number of pyridine rings is 2. The molecule has 0 aromatic carbocycles. The fourth-order valence-corrected chi connectivity index (χ4v) is 3.64. The Balaban J connectivity index is 1.66. The summed E-state index contributed by atoms with van der Waals surface area (Å²) in [6, 6.07) is 9.41. The van der Waals surface area contributed by atoms with Gasteiger partial charge in [-0.05, 0) is 43.2 Å². The first kappa shape index (κ1) is 16.7. The van der Waals surface area contributed by atoms with Crippen molar-refractivity contribution in [2.75, 3.05) is 13.1 Å². The Kier molecular flexibility index (Phi) is 4.12. The Hall–Kier alpha value is -3.48. The van der Waals surface area contributed by atoms with Crippen molar-refractivity contribution in [1.82, 2.24) is 24.6 Å². The summed E-state index contributed by atoms with van der Waals surface area (Å²) < 4.78 is 7.23. The van der Waals surface area contributed by atoms with Gasteiger partial charge < -0.3 is 9.32 Å². The second-order valence-corrected chi connectivity index (χ2v) is 6.91. The third kappa shape index (κ3) is 2.94. The maximum atomic E-state index is 13.2. The van der Waals surface area contributed by atoms with Gasteiger partial charge in [0.1, 0.15) is 12.3 Å². The van der Waals surface area contributed by atoms with Gasteiger partial charge in [0.05, 0.1) is 29.1 Å². The van der Waals surface area contributed by atoms with Crippen molar-refractivity contribution in [1.29, 1.82) is 0 Å². The SMILES string of the molecule is O=C(c1cc(-c2cccnc2)nc2c1cnn2Cc1ccco1)N1CCCC1. The summed E-state index contributed by atoms with van der Waals surface area (Å²) in [5.41, 5.74) is 2.88. The van der Waals surface area contributed by atoms with Crippen molar-refractivity contribution >= 4 is 16.9 Å². The summed E-state index contributed by atoms with van der Waals surface area (Å²) in [5.74, 6) is 0.818. The molecule has 0 spiro atoms. The monoisotopic (exact) mass is 373 g/mol. The lowest BCUT2D eigenvalue weighted by molar-refractivity contribution is 0.0794. The number of hydrogen-bond donors (Lipinski definition) is 0. The summed E-state index contributed by atoms with van der Waals surface area (Å²) in [6.07, 6.45) is 8.94. The molecule has 5 rings (SSSR count). The first-order valence-corrected chi connectivity index (χ1v) is 9.38. The lowest BCUT2D eigenvalue weighted by atomic mass is 10.1. The van der Waals surface area contributed by atoms with E-state index in [1.54, 1.807) is 29.5 Å². The van der Waals surface area contributed by atoms with Gasteiger partial charge >= 0.3 is 0 Å². The number of hydrogen-bond acceptors (Lipinski definition) is 5. The van der Waals surface area contributed by atoms with Crippen LogP contribution in [0.25, 0.3) is 22.3 Å². The molecule has 1 aliphatic rings. The van der Waals surface area contributed by atoms with Crippen LogP contribution in [0.1, 0.15) is 29.0 Å². The van der Waals surface area contributed by atoms with Crippen molar-refractivity contribution in [3.8, 4) is 11.3 Å². The topological polar surface area (TPSA) is 77.0 Å². The molecule has 1 saturated heterocycles. The largest absolute Gasteiger partial charge is 0.467 e. The fourth-order valence-electron chi connectivity index (χ4n) is 3.64. The van der Waals surface area contributed by atoms with Crippen LogP contribution >= 0.6 is 0 Å². The molecule has 4 aromatic rings. The highest BCUT2D eigenvalue weighted by atomic mass is 16.3. The highest BCUT2D eigenvalue weighted by molar-refractivity contribution is 6.06. The highest BCUT2D eigenvalue weighted by Crippen LogP contribution is 2.27. The molecule has 1 aliphatic heterocycles. The molecule has 0 atom stereocenters. The molecule has 0 bridgehead atoms. The third-order valence-corrected chi connectivity index (χ3v) is 5.08. The van der Waals surface area contributed by atoms with Gasteiger partial charge in [-0.2, -0.15) is 5.10 Å². The van der Waals surface area contributed by atoms with Crippen LogP contribution in [0.5, 0.6) is 0 Å². The standard InChI is InChI=1S/C21H19N5O2/c27-21(25-8-1-2-9-25)17-11-19(15-5-3-7-22-12-15)24-20-18(17)13-23-26(20)14-16-6-4-10-28-16/h3-7,10-13H,1-2,8-9,14H2. The molecule has 5 heterocycles. The third-order valence-electron chi connectivity index (χ3n) is 5.08. The first-order chi connectivity index (χ1) is 13.8. The predicted octanol–water partition coefficient (Wildman–Crippen LogP) is 3.37. The van der Waals surface area contributed by atoms with E-state index in [4.69, 9.17) is 9.40 Å². The molecule has 1 amide bonds. The van der Waals surface area contributed by atoms with Gasteiger partial charge in [-0.3, -0.25) is 9.78 Å². The van der Waals surface area contributed by atoms with E-state index in [0.717, 1.165) is 42.6 Å². The van der Waals surface area contributed by atoms with E-state index in [-0.39, 0.29) is 5.91 Å². The number of carbonyl (C=O) groups excluding carboxylic acids is 1. The molecule has 28 heavy (non-hydrogen) atoms. The Morgan fingerprint density at radius 2 is 2.04 bits per heavy atom. The van der Waals surface area contributed by atoms with Crippen LogP contribution in [0.2, 0.25) is 0 Å². The minimum absolute atomic E-state index is 0.0348. The fraction of sp³-hybridized carbons (Fsp3) is 0.238. The molecule has 7 heteroatoms. The van der Waals surface area contributed by atoms with E-state index >= 15 is 0 Å². The highest BCUT2D eigenvalue weighted by Gasteiger charge is 2.24. The smallest absolute Gasteiger partial charge is 0.254 e. The summed E-state index contributed by atoms with van der Waals surface area (Å²) in [7, 11) is 0. The molecule has 7 nitrogen and oxygen atoms in total. The summed E-state index contributed by atoms with van der Waals surface area (Å²) >= 11 is 0. The van der Waals surface area contributed by atoms with E-state index in [9.17, 15) is 4.79 Å². The van der Waals surface area contributed by atoms with Crippen LogP contribution in [0.3, 0.4) is 0 Å². The molecular formula is C21H19N5O2. The number of likely N-dealkylation sites (tertiary alicyclic amines) is 1. The zero-order chi connectivity index (χ0) is 18.9. The number of furan rings is 1. The number of rotatable bonds is 4. The molecular weight excluding hydrogens is 354 g/mol. The van der Waals surface area contributed by atoms with Gasteiger partial charge in [0.25, 0.3) is 5.91 Å². The van der Waals surface area contributed by atoms with Crippen molar-refractivity contribution in [2.24, 2.45) is 0 Å². The maximum absolute atomic E-state index is 13.2. The zero-order valence-corrected chi connectivity index (χ0v) is 15.3. The Labute approximate surface area is 161 Å². The number of amides is 1. The average Bonchev–Trinajstić information content (AvgIpc) is 3.50. The van der Waals surface area contributed by atoms with Gasteiger partial charge in [-0.1, -0.05) is 0 Å². The molecule has 0 aliphatic carbocycles. The van der Waals surface area contributed by atoms with Crippen LogP contribution < -0.4 is 0 Å². The van der Waals surface area contributed by atoms with Crippen molar-refractivity contribution in [2.45, 2.75) is 19.4 Å². The first-order valence-electron chi connectivity index (χ1n) is 9.38.